The Morgan fingerprint density at radius 2 is 1.53 bits per heavy atom. The van der Waals surface area contributed by atoms with E-state index in [4.69, 9.17) is 4.74 Å². The van der Waals surface area contributed by atoms with Crippen molar-refractivity contribution in [3.63, 3.8) is 0 Å². The second kappa shape index (κ2) is 10.1. The number of benzene rings is 3. The van der Waals surface area contributed by atoms with E-state index in [2.05, 4.69) is 40.5 Å². The third-order valence-corrected chi connectivity index (χ3v) is 5.48. The van der Waals surface area contributed by atoms with Crippen molar-refractivity contribution in [3.8, 4) is 5.75 Å². The fourth-order valence-corrected chi connectivity index (χ4v) is 3.81. The zero-order valence-electron chi connectivity index (χ0n) is 17.2. The average molecular weight is 401 g/mol. The van der Waals surface area contributed by atoms with Crippen LogP contribution in [0.2, 0.25) is 0 Å². The van der Waals surface area contributed by atoms with Crippen LogP contribution in [0.25, 0.3) is 0 Å². The van der Waals surface area contributed by atoms with E-state index in [9.17, 15) is 4.79 Å². The molecule has 0 aliphatic carbocycles. The van der Waals surface area contributed by atoms with Crippen molar-refractivity contribution in [1.82, 2.24) is 10.2 Å². The maximum absolute atomic E-state index is 12.5. The fraction of sp³-hybridized carbons (Fsp3) is 0.269. The molecule has 4 nitrogen and oxygen atoms in total. The number of likely N-dealkylation sites (tertiary alicyclic amines) is 1. The molecule has 0 saturated carbocycles. The third-order valence-electron chi connectivity index (χ3n) is 5.48. The number of carbonyl (C=O) groups is 1. The summed E-state index contributed by atoms with van der Waals surface area (Å²) in [4.78, 5) is 15.0. The van der Waals surface area contributed by atoms with E-state index in [1.165, 1.54) is 5.56 Å². The quantitative estimate of drug-likeness (QED) is 0.627. The van der Waals surface area contributed by atoms with E-state index in [1.54, 1.807) is 0 Å². The number of hydrogen-bond donors (Lipinski definition) is 1. The molecule has 1 heterocycles. The number of carbonyl (C=O) groups excluding carboxylic acids is 1. The largest absolute Gasteiger partial charge is 0.490 e. The second-order valence-corrected chi connectivity index (χ2v) is 7.78. The molecule has 4 rings (SSSR count). The summed E-state index contributed by atoms with van der Waals surface area (Å²) in [5.41, 5.74) is 3.07. The van der Waals surface area contributed by atoms with Crippen LogP contribution < -0.4 is 10.1 Å². The van der Waals surface area contributed by atoms with Crippen LogP contribution in [-0.2, 0) is 13.1 Å². The zero-order chi connectivity index (χ0) is 20.6. The minimum absolute atomic E-state index is 0.0815. The lowest BCUT2D eigenvalue weighted by atomic mass is 10.1. The molecule has 3 aromatic carbocycles. The normalized spacial score (nSPS) is 14.9. The molecular weight excluding hydrogens is 372 g/mol. The Hall–Kier alpha value is -3.11. The smallest absolute Gasteiger partial charge is 0.251 e. The summed E-state index contributed by atoms with van der Waals surface area (Å²) in [7, 11) is 0. The molecule has 30 heavy (non-hydrogen) atoms. The van der Waals surface area contributed by atoms with E-state index in [0.717, 1.165) is 43.8 Å². The number of nitrogens with zero attached hydrogens (tertiary/aromatic N) is 1. The van der Waals surface area contributed by atoms with Crippen molar-refractivity contribution in [2.45, 2.75) is 32.0 Å². The van der Waals surface area contributed by atoms with Crippen molar-refractivity contribution in [2.24, 2.45) is 0 Å². The molecule has 1 aliphatic heterocycles. The Morgan fingerprint density at radius 3 is 2.23 bits per heavy atom. The van der Waals surface area contributed by atoms with E-state index in [-0.39, 0.29) is 12.0 Å². The van der Waals surface area contributed by atoms with Gasteiger partial charge in [0, 0.05) is 31.7 Å². The molecule has 1 fully saturated rings. The van der Waals surface area contributed by atoms with Gasteiger partial charge >= 0.3 is 0 Å². The number of ether oxygens (including phenoxy) is 1. The Bertz CT molecular complexity index is 936. The van der Waals surface area contributed by atoms with Crippen molar-refractivity contribution in [3.05, 3.63) is 102 Å². The van der Waals surface area contributed by atoms with Gasteiger partial charge in [0.1, 0.15) is 11.9 Å². The molecule has 0 radical (unpaired) electrons. The second-order valence-electron chi connectivity index (χ2n) is 7.78. The molecule has 1 N–H and O–H groups in total. The summed E-state index contributed by atoms with van der Waals surface area (Å²) >= 11 is 0. The fourth-order valence-electron chi connectivity index (χ4n) is 3.81. The number of amides is 1. The first-order chi connectivity index (χ1) is 14.8. The summed E-state index contributed by atoms with van der Waals surface area (Å²) in [6, 6.07) is 28.0. The van der Waals surface area contributed by atoms with Gasteiger partial charge in [-0.15, -0.1) is 0 Å². The minimum atomic E-state index is -0.0815. The summed E-state index contributed by atoms with van der Waals surface area (Å²) < 4.78 is 6.20. The first-order valence-corrected chi connectivity index (χ1v) is 10.6. The Labute approximate surface area is 178 Å². The number of piperidine rings is 1. The van der Waals surface area contributed by atoms with Crippen molar-refractivity contribution in [2.75, 3.05) is 13.1 Å². The van der Waals surface area contributed by atoms with Gasteiger partial charge in [0.15, 0.2) is 0 Å². The minimum Gasteiger partial charge on any atom is -0.490 e. The highest BCUT2D eigenvalue weighted by Crippen LogP contribution is 2.21. The van der Waals surface area contributed by atoms with Crippen LogP contribution in [0.5, 0.6) is 5.75 Å². The molecule has 0 aromatic heterocycles. The van der Waals surface area contributed by atoms with Crippen molar-refractivity contribution >= 4 is 5.91 Å². The molecule has 0 unspecified atom stereocenters. The van der Waals surface area contributed by atoms with Gasteiger partial charge in [0.25, 0.3) is 5.91 Å². The monoisotopic (exact) mass is 400 g/mol. The van der Waals surface area contributed by atoms with Gasteiger partial charge in [0.2, 0.25) is 0 Å². The van der Waals surface area contributed by atoms with Gasteiger partial charge in [-0.25, -0.2) is 0 Å². The molecule has 0 bridgehead atoms. The van der Waals surface area contributed by atoms with E-state index in [0.29, 0.717) is 12.1 Å². The topological polar surface area (TPSA) is 41.6 Å². The summed E-state index contributed by atoms with van der Waals surface area (Å²) in [5, 5.41) is 2.97. The van der Waals surface area contributed by atoms with Crippen molar-refractivity contribution in [1.29, 1.82) is 0 Å². The summed E-state index contributed by atoms with van der Waals surface area (Å²) in [6.07, 6.45) is 2.19. The van der Waals surface area contributed by atoms with Gasteiger partial charge in [-0.05, 0) is 42.2 Å². The molecule has 0 atom stereocenters. The lowest BCUT2D eigenvalue weighted by molar-refractivity contribution is 0.0935. The van der Waals surface area contributed by atoms with Gasteiger partial charge in [-0.1, -0.05) is 66.7 Å². The molecule has 1 amide bonds. The van der Waals surface area contributed by atoms with Crippen LogP contribution in [0.1, 0.15) is 34.3 Å². The van der Waals surface area contributed by atoms with E-state index < -0.39 is 0 Å². The van der Waals surface area contributed by atoms with E-state index >= 15 is 0 Å². The Balaban J connectivity index is 1.27. The Kier molecular flexibility index (Phi) is 6.78. The molecule has 0 spiro atoms. The van der Waals surface area contributed by atoms with Gasteiger partial charge in [-0.2, -0.15) is 0 Å². The van der Waals surface area contributed by atoms with Crippen molar-refractivity contribution < 1.29 is 9.53 Å². The highest BCUT2D eigenvalue weighted by molar-refractivity contribution is 5.94. The zero-order valence-corrected chi connectivity index (χ0v) is 17.2. The van der Waals surface area contributed by atoms with Gasteiger partial charge in [0.05, 0.1) is 0 Å². The standard InChI is InChI=1S/C26H28N2O2/c29-26(27-19-21-8-3-1-4-9-21)23-12-7-13-25(18-23)30-24-14-16-28(17-15-24)20-22-10-5-2-6-11-22/h1-13,18,24H,14-17,19-20H2,(H,27,29). The molecule has 1 saturated heterocycles. The average Bonchev–Trinajstić information content (AvgIpc) is 2.80. The lowest BCUT2D eigenvalue weighted by Gasteiger charge is -2.32. The SMILES string of the molecule is O=C(NCc1ccccc1)c1cccc(OC2CCN(Cc3ccccc3)CC2)c1. The molecule has 1 aliphatic rings. The van der Waals surface area contributed by atoms with E-state index in [1.807, 2.05) is 54.6 Å². The number of nitrogens with one attached hydrogen (secondary N) is 1. The number of rotatable bonds is 7. The summed E-state index contributed by atoms with van der Waals surface area (Å²) in [5.74, 6) is 0.686. The van der Waals surface area contributed by atoms with Crippen LogP contribution >= 0.6 is 0 Å². The first-order valence-electron chi connectivity index (χ1n) is 10.6. The van der Waals surface area contributed by atoms with Crippen LogP contribution in [0, 0.1) is 0 Å². The summed E-state index contributed by atoms with van der Waals surface area (Å²) in [6.45, 7) is 3.56. The van der Waals surface area contributed by atoms with Gasteiger partial charge < -0.3 is 10.1 Å². The van der Waals surface area contributed by atoms with Crippen LogP contribution in [0.4, 0.5) is 0 Å². The molecule has 4 heteroatoms. The van der Waals surface area contributed by atoms with Gasteiger partial charge in [-0.3, -0.25) is 9.69 Å². The van der Waals surface area contributed by atoms with Crippen LogP contribution in [-0.4, -0.2) is 30.0 Å². The molecule has 154 valence electrons. The van der Waals surface area contributed by atoms with Crippen LogP contribution in [0.3, 0.4) is 0 Å². The lowest BCUT2D eigenvalue weighted by Crippen LogP contribution is -2.37. The maximum atomic E-state index is 12.5. The molecule has 3 aromatic rings. The Morgan fingerprint density at radius 1 is 0.867 bits per heavy atom. The third kappa shape index (κ3) is 5.71. The maximum Gasteiger partial charge on any atom is 0.251 e. The number of hydrogen-bond acceptors (Lipinski definition) is 3. The highest BCUT2D eigenvalue weighted by Gasteiger charge is 2.21. The highest BCUT2D eigenvalue weighted by atomic mass is 16.5. The predicted molar refractivity (Wildman–Crippen MR) is 119 cm³/mol. The molecular formula is C26H28N2O2. The van der Waals surface area contributed by atoms with Crippen LogP contribution in [0.15, 0.2) is 84.9 Å². The first kappa shape index (κ1) is 20.2. The predicted octanol–water partition coefficient (Wildman–Crippen LogP) is 4.66.